The van der Waals surface area contributed by atoms with Gasteiger partial charge in [-0.05, 0) is 30.4 Å². The zero-order valence-electron chi connectivity index (χ0n) is 12.2. The molecule has 116 valence electrons. The van der Waals surface area contributed by atoms with E-state index in [1.165, 1.54) is 18.3 Å². The molecule has 0 saturated heterocycles. The number of rotatable bonds is 4. The molecule has 0 bridgehead atoms. The van der Waals surface area contributed by atoms with E-state index >= 15 is 0 Å². The molecule has 1 aliphatic rings. The van der Waals surface area contributed by atoms with E-state index in [1.807, 2.05) is 0 Å². The van der Waals surface area contributed by atoms with Crippen molar-refractivity contribution in [1.82, 2.24) is 9.71 Å². The van der Waals surface area contributed by atoms with Crippen LogP contribution in [-0.2, 0) is 10.0 Å². The maximum atomic E-state index is 12.4. The number of nitrogens with zero attached hydrogens (tertiary/aromatic N) is 1. The molecule has 1 fully saturated rings. The van der Waals surface area contributed by atoms with Crippen LogP contribution < -0.4 is 10.5 Å². The Morgan fingerprint density at radius 2 is 2.10 bits per heavy atom. The lowest BCUT2D eigenvalue weighted by Gasteiger charge is -2.34. The fraction of sp³-hybridized carbons (Fsp3) is 0.571. The summed E-state index contributed by atoms with van der Waals surface area (Å²) < 4.78 is 27.6. The van der Waals surface area contributed by atoms with Gasteiger partial charge in [0, 0.05) is 12.2 Å². The Morgan fingerprint density at radius 1 is 1.38 bits per heavy atom. The second kappa shape index (κ2) is 6.37. The minimum Gasteiger partial charge on any atom is -0.388 e. The summed E-state index contributed by atoms with van der Waals surface area (Å²) in [4.78, 5) is 4.29. The molecule has 1 aliphatic carbocycles. The van der Waals surface area contributed by atoms with Crippen LogP contribution in [0.15, 0.2) is 23.2 Å². The van der Waals surface area contributed by atoms with Crippen molar-refractivity contribution in [2.24, 2.45) is 17.6 Å². The Morgan fingerprint density at radius 3 is 2.67 bits per heavy atom. The standard InChI is InChI=1S/C14H21N3O2S2/c1-9-4-3-5-12(10(9)2)17-21(18,19)11-6-7-13(14(15)20)16-8-11/h6-10,12,17H,3-5H2,1-2H3,(H2,15,20). The van der Waals surface area contributed by atoms with Crippen molar-refractivity contribution in [3.63, 3.8) is 0 Å². The predicted octanol–water partition coefficient (Wildman–Crippen LogP) is 1.82. The topological polar surface area (TPSA) is 85.1 Å². The molecule has 7 heteroatoms. The number of hydrogen-bond donors (Lipinski definition) is 2. The monoisotopic (exact) mass is 327 g/mol. The van der Waals surface area contributed by atoms with E-state index in [0.717, 1.165) is 19.3 Å². The highest BCUT2D eigenvalue weighted by Gasteiger charge is 2.30. The number of sulfonamides is 1. The third-order valence-corrected chi connectivity index (χ3v) is 6.00. The summed E-state index contributed by atoms with van der Waals surface area (Å²) in [7, 11) is -3.56. The van der Waals surface area contributed by atoms with Crippen LogP contribution in [0.3, 0.4) is 0 Å². The second-order valence-electron chi connectivity index (χ2n) is 5.74. The number of thiocarbonyl (C=S) groups is 1. The number of nitrogens with one attached hydrogen (secondary N) is 1. The minimum absolute atomic E-state index is 0.0194. The molecule has 0 spiro atoms. The van der Waals surface area contributed by atoms with Gasteiger partial charge in [0.25, 0.3) is 0 Å². The fourth-order valence-corrected chi connectivity index (χ4v) is 4.13. The van der Waals surface area contributed by atoms with Crippen LogP contribution in [0, 0.1) is 11.8 Å². The number of aromatic nitrogens is 1. The average Bonchev–Trinajstić information content (AvgIpc) is 2.44. The molecule has 0 amide bonds. The van der Waals surface area contributed by atoms with Gasteiger partial charge in [0.05, 0.1) is 5.69 Å². The maximum absolute atomic E-state index is 12.4. The summed E-state index contributed by atoms with van der Waals surface area (Å²) in [5.74, 6) is 0.860. The first-order chi connectivity index (χ1) is 9.81. The van der Waals surface area contributed by atoms with Crippen LogP contribution in [-0.4, -0.2) is 24.4 Å². The van der Waals surface area contributed by atoms with Crippen molar-refractivity contribution in [3.8, 4) is 0 Å². The molecule has 3 N–H and O–H groups in total. The van der Waals surface area contributed by atoms with Crippen LogP contribution in [0.4, 0.5) is 0 Å². The number of pyridine rings is 1. The van der Waals surface area contributed by atoms with E-state index in [1.54, 1.807) is 0 Å². The molecular weight excluding hydrogens is 306 g/mol. The zero-order chi connectivity index (χ0) is 15.6. The molecule has 3 unspecified atom stereocenters. The van der Waals surface area contributed by atoms with Crippen molar-refractivity contribution in [1.29, 1.82) is 0 Å². The molecule has 0 radical (unpaired) electrons. The molecule has 1 heterocycles. The highest BCUT2D eigenvalue weighted by Crippen LogP contribution is 2.30. The van der Waals surface area contributed by atoms with Crippen LogP contribution in [0.1, 0.15) is 38.8 Å². The van der Waals surface area contributed by atoms with Gasteiger partial charge in [-0.3, -0.25) is 4.98 Å². The molecule has 1 aromatic rings. The molecule has 0 aromatic carbocycles. The molecule has 1 aromatic heterocycles. The summed E-state index contributed by atoms with van der Waals surface area (Å²) in [6.07, 6.45) is 4.39. The lowest BCUT2D eigenvalue weighted by molar-refractivity contribution is 0.227. The molecule has 5 nitrogen and oxygen atoms in total. The molecule has 3 atom stereocenters. The van der Waals surface area contributed by atoms with E-state index in [2.05, 4.69) is 23.6 Å². The van der Waals surface area contributed by atoms with Gasteiger partial charge in [0.1, 0.15) is 9.88 Å². The molecule has 0 aliphatic heterocycles. The van der Waals surface area contributed by atoms with E-state index < -0.39 is 10.0 Å². The first-order valence-corrected chi connectivity index (χ1v) is 8.98. The third-order valence-electron chi connectivity index (χ3n) is 4.31. The first-order valence-electron chi connectivity index (χ1n) is 7.09. The van der Waals surface area contributed by atoms with E-state index in [9.17, 15) is 8.42 Å². The van der Waals surface area contributed by atoms with E-state index in [4.69, 9.17) is 18.0 Å². The van der Waals surface area contributed by atoms with Gasteiger partial charge in [-0.1, -0.05) is 38.9 Å². The highest BCUT2D eigenvalue weighted by molar-refractivity contribution is 7.89. The van der Waals surface area contributed by atoms with Crippen LogP contribution in [0.25, 0.3) is 0 Å². The smallest absolute Gasteiger partial charge is 0.242 e. The van der Waals surface area contributed by atoms with Gasteiger partial charge in [0.2, 0.25) is 10.0 Å². The van der Waals surface area contributed by atoms with Gasteiger partial charge < -0.3 is 5.73 Å². The highest BCUT2D eigenvalue weighted by atomic mass is 32.2. The van der Waals surface area contributed by atoms with Crippen molar-refractivity contribution in [3.05, 3.63) is 24.0 Å². The number of hydrogen-bond acceptors (Lipinski definition) is 4. The summed E-state index contributed by atoms with van der Waals surface area (Å²) >= 11 is 4.81. The Bertz CT molecular complexity index is 614. The fourth-order valence-electron chi connectivity index (χ4n) is 2.70. The van der Waals surface area contributed by atoms with Gasteiger partial charge in [-0.25, -0.2) is 13.1 Å². The molecule has 21 heavy (non-hydrogen) atoms. The van der Waals surface area contributed by atoms with E-state index in [-0.39, 0.29) is 15.9 Å². The summed E-state index contributed by atoms with van der Waals surface area (Å²) in [5.41, 5.74) is 5.88. The summed E-state index contributed by atoms with van der Waals surface area (Å²) in [5, 5.41) is 0. The Labute approximate surface area is 131 Å². The van der Waals surface area contributed by atoms with Crippen LogP contribution in [0.2, 0.25) is 0 Å². The SMILES string of the molecule is CC1CCCC(NS(=O)(=O)c2ccc(C(N)=S)nc2)C1C. The van der Waals surface area contributed by atoms with Crippen molar-refractivity contribution in [2.75, 3.05) is 0 Å². The average molecular weight is 327 g/mol. The van der Waals surface area contributed by atoms with Crippen LogP contribution >= 0.6 is 12.2 Å². The zero-order valence-corrected chi connectivity index (χ0v) is 13.9. The third kappa shape index (κ3) is 3.78. The molecule has 2 rings (SSSR count). The Hall–Kier alpha value is -1.05. The summed E-state index contributed by atoms with van der Waals surface area (Å²) in [6.45, 7) is 4.27. The lowest BCUT2D eigenvalue weighted by Crippen LogP contribution is -2.43. The maximum Gasteiger partial charge on any atom is 0.242 e. The first kappa shape index (κ1) is 16.3. The van der Waals surface area contributed by atoms with Gasteiger partial charge >= 0.3 is 0 Å². The predicted molar refractivity (Wildman–Crippen MR) is 86.4 cm³/mol. The van der Waals surface area contributed by atoms with Crippen molar-refractivity contribution in [2.45, 2.75) is 44.0 Å². The van der Waals surface area contributed by atoms with Gasteiger partial charge in [0.15, 0.2) is 0 Å². The van der Waals surface area contributed by atoms with Gasteiger partial charge in [-0.15, -0.1) is 0 Å². The lowest BCUT2D eigenvalue weighted by atomic mass is 9.78. The van der Waals surface area contributed by atoms with Crippen molar-refractivity contribution < 1.29 is 8.42 Å². The number of nitrogens with two attached hydrogens (primary N) is 1. The summed E-state index contributed by atoms with van der Waals surface area (Å²) in [6, 6.07) is 3.00. The minimum atomic E-state index is -3.56. The largest absolute Gasteiger partial charge is 0.388 e. The molecular formula is C14H21N3O2S2. The quantitative estimate of drug-likeness (QED) is 0.824. The normalized spacial score (nSPS) is 26.5. The van der Waals surface area contributed by atoms with Gasteiger partial charge in [-0.2, -0.15) is 0 Å². The van der Waals surface area contributed by atoms with E-state index in [0.29, 0.717) is 17.5 Å². The van der Waals surface area contributed by atoms with Crippen LogP contribution in [0.5, 0.6) is 0 Å². The Balaban J connectivity index is 2.16. The molecule has 1 saturated carbocycles. The Kier molecular flexibility index (Phi) is 4.95. The van der Waals surface area contributed by atoms with Crippen molar-refractivity contribution >= 4 is 27.2 Å². The second-order valence-corrected chi connectivity index (χ2v) is 7.89.